The maximum absolute atomic E-state index is 12.4. The molecule has 19 heavy (non-hydrogen) atoms. The summed E-state index contributed by atoms with van der Waals surface area (Å²) in [5.74, 6) is -0.493. The number of rotatable bonds is 2. The summed E-state index contributed by atoms with van der Waals surface area (Å²) in [6, 6.07) is 6.11. The van der Waals surface area contributed by atoms with Gasteiger partial charge in [-0.2, -0.15) is 13.2 Å². The number of nitrogens with one attached hydrogen (secondary N) is 2. The van der Waals surface area contributed by atoms with Crippen molar-refractivity contribution in [3.63, 3.8) is 0 Å². The number of halogens is 3. The molecule has 0 saturated carbocycles. The number of methoxy groups -OCH3 is 1. The third kappa shape index (κ3) is 2.81. The van der Waals surface area contributed by atoms with E-state index >= 15 is 0 Å². The van der Waals surface area contributed by atoms with Gasteiger partial charge in [-0.25, -0.2) is 4.79 Å². The van der Waals surface area contributed by atoms with Crippen LogP contribution in [0.2, 0.25) is 0 Å². The summed E-state index contributed by atoms with van der Waals surface area (Å²) in [6.45, 7) is 0. The SMILES string of the molecule is COC(=O)c1ccc(C2NC=C(C(F)(F)F)N2)cc1. The molecule has 1 unspecified atom stereocenters. The van der Waals surface area contributed by atoms with Crippen LogP contribution in [0, 0.1) is 0 Å². The Labute approximate surface area is 107 Å². The van der Waals surface area contributed by atoms with E-state index in [1.54, 1.807) is 12.1 Å². The summed E-state index contributed by atoms with van der Waals surface area (Å²) < 4.78 is 41.8. The highest BCUT2D eigenvalue weighted by molar-refractivity contribution is 5.89. The Morgan fingerprint density at radius 2 is 1.89 bits per heavy atom. The van der Waals surface area contributed by atoms with Gasteiger partial charge in [-0.1, -0.05) is 12.1 Å². The van der Waals surface area contributed by atoms with Gasteiger partial charge in [0.25, 0.3) is 0 Å². The highest BCUT2D eigenvalue weighted by Gasteiger charge is 2.38. The number of alkyl halides is 3. The third-order valence-corrected chi connectivity index (χ3v) is 2.66. The van der Waals surface area contributed by atoms with Crippen molar-refractivity contribution in [3.8, 4) is 0 Å². The van der Waals surface area contributed by atoms with Gasteiger partial charge in [0.15, 0.2) is 0 Å². The highest BCUT2D eigenvalue weighted by atomic mass is 19.4. The van der Waals surface area contributed by atoms with Crippen LogP contribution in [-0.4, -0.2) is 19.3 Å². The average molecular weight is 272 g/mol. The Balaban J connectivity index is 2.08. The first-order valence-corrected chi connectivity index (χ1v) is 5.40. The third-order valence-electron chi connectivity index (χ3n) is 2.66. The number of hydrogen-bond acceptors (Lipinski definition) is 4. The fraction of sp³-hybridized carbons (Fsp3) is 0.250. The van der Waals surface area contributed by atoms with Crippen molar-refractivity contribution < 1.29 is 22.7 Å². The summed E-state index contributed by atoms with van der Waals surface area (Å²) in [7, 11) is 1.26. The normalized spacial score (nSPS) is 18.3. The summed E-state index contributed by atoms with van der Waals surface area (Å²) in [6.07, 6.45) is -4.18. The lowest BCUT2D eigenvalue weighted by Gasteiger charge is -2.15. The van der Waals surface area contributed by atoms with Crippen LogP contribution in [0.5, 0.6) is 0 Å². The Bertz CT molecular complexity index is 509. The predicted octanol–water partition coefficient (Wildman–Crippen LogP) is 2.07. The first-order valence-electron chi connectivity index (χ1n) is 5.40. The molecule has 0 saturated heterocycles. The van der Waals surface area contributed by atoms with Crippen molar-refractivity contribution in [1.29, 1.82) is 0 Å². The number of carbonyl (C=O) groups is 1. The molecule has 0 amide bonds. The van der Waals surface area contributed by atoms with Crippen LogP contribution >= 0.6 is 0 Å². The molecule has 1 aromatic rings. The molecule has 1 heterocycles. The van der Waals surface area contributed by atoms with E-state index < -0.39 is 24.0 Å². The molecule has 0 fully saturated rings. The topological polar surface area (TPSA) is 50.4 Å². The van der Waals surface area contributed by atoms with Crippen LogP contribution in [0.1, 0.15) is 22.1 Å². The highest BCUT2D eigenvalue weighted by Crippen LogP contribution is 2.28. The second kappa shape index (κ2) is 4.83. The largest absolute Gasteiger partial charge is 0.465 e. The van der Waals surface area contributed by atoms with Crippen molar-refractivity contribution in [2.24, 2.45) is 0 Å². The molecule has 7 heteroatoms. The van der Waals surface area contributed by atoms with Gasteiger partial charge >= 0.3 is 12.1 Å². The second-order valence-electron chi connectivity index (χ2n) is 3.91. The Morgan fingerprint density at radius 1 is 1.26 bits per heavy atom. The summed E-state index contributed by atoms with van der Waals surface area (Å²) >= 11 is 0. The van der Waals surface area contributed by atoms with Gasteiger partial charge in [-0.3, -0.25) is 0 Å². The van der Waals surface area contributed by atoms with Crippen LogP contribution in [0.15, 0.2) is 36.2 Å². The molecular formula is C12H11F3N2O2. The number of hydrogen-bond donors (Lipinski definition) is 2. The molecule has 4 nitrogen and oxygen atoms in total. The van der Waals surface area contributed by atoms with E-state index in [1.165, 1.54) is 19.2 Å². The number of ether oxygens (including phenoxy) is 1. The van der Waals surface area contributed by atoms with E-state index in [2.05, 4.69) is 15.4 Å². The first-order chi connectivity index (χ1) is 8.91. The lowest BCUT2D eigenvalue weighted by molar-refractivity contribution is -0.0963. The molecule has 0 radical (unpaired) electrons. The fourth-order valence-electron chi connectivity index (χ4n) is 1.68. The standard InChI is InChI=1S/C12H11F3N2O2/c1-19-11(18)8-4-2-7(3-5-8)10-16-6-9(17-10)12(13,14)15/h2-6,10,16-17H,1H3. The molecule has 0 spiro atoms. The molecular weight excluding hydrogens is 261 g/mol. The number of esters is 1. The van der Waals surface area contributed by atoms with Crippen LogP contribution in [-0.2, 0) is 4.74 Å². The van der Waals surface area contributed by atoms with Gasteiger partial charge in [0.2, 0.25) is 0 Å². The Hall–Kier alpha value is -2.18. The van der Waals surface area contributed by atoms with E-state index in [1.807, 2.05) is 0 Å². The second-order valence-corrected chi connectivity index (χ2v) is 3.91. The van der Waals surface area contributed by atoms with Gasteiger partial charge in [-0.05, 0) is 17.7 Å². The van der Waals surface area contributed by atoms with Crippen molar-refractivity contribution in [2.45, 2.75) is 12.3 Å². The van der Waals surface area contributed by atoms with E-state index in [-0.39, 0.29) is 0 Å². The van der Waals surface area contributed by atoms with Gasteiger partial charge in [0.05, 0.1) is 12.7 Å². The van der Waals surface area contributed by atoms with Crippen LogP contribution in [0.25, 0.3) is 0 Å². The minimum Gasteiger partial charge on any atom is -0.465 e. The minimum atomic E-state index is -4.41. The Kier molecular flexibility index (Phi) is 3.37. The maximum atomic E-state index is 12.4. The summed E-state index contributed by atoms with van der Waals surface area (Å²) in [4.78, 5) is 11.2. The molecule has 1 aliphatic rings. The molecule has 2 rings (SSSR count). The first kappa shape index (κ1) is 13.3. The number of allylic oxidation sites excluding steroid dienone is 1. The lowest BCUT2D eigenvalue weighted by Crippen LogP contribution is -2.27. The van der Waals surface area contributed by atoms with E-state index in [0.29, 0.717) is 11.1 Å². The molecule has 1 aromatic carbocycles. The number of benzene rings is 1. The zero-order valence-corrected chi connectivity index (χ0v) is 9.91. The lowest BCUT2D eigenvalue weighted by atomic mass is 10.1. The van der Waals surface area contributed by atoms with Crippen LogP contribution in [0.3, 0.4) is 0 Å². The van der Waals surface area contributed by atoms with Crippen LogP contribution < -0.4 is 10.6 Å². The predicted molar refractivity (Wildman–Crippen MR) is 60.9 cm³/mol. The summed E-state index contributed by atoms with van der Waals surface area (Å²) in [5, 5.41) is 4.90. The van der Waals surface area contributed by atoms with E-state index in [9.17, 15) is 18.0 Å². The molecule has 0 aliphatic carbocycles. The zero-order valence-electron chi connectivity index (χ0n) is 9.91. The van der Waals surface area contributed by atoms with Gasteiger partial charge < -0.3 is 15.4 Å². The van der Waals surface area contributed by atoms with Crippen molar-refractivity contribution in [3.05, 3.63) is 47.3 Å². The fourth-order valence-corrected chi connectivity index (χ4v) is 1.68. The minimum absolute atomic E-state index is 0.341. The van der Waals surface area contributed by atoms with Gasteiger partial charge in [0.1, 0.15) is 11.9 Å². The molecule has 2 N–H and O–H groups in total. The van der Waals surface area contributed by atoms with Crippen LogP contribution in [0.4, 0.5) is 13.2 Å². The molecule has 1 atom stereocenters. The molecule has 102 valence electrons. The molecule has 1 aliphatic heterocycles. The Morgan fingerprint density at radius 3 is 2.37 bits per heavy atom. The summed E-state index contributed by atoms with van der Waals surface area (Å²) in [5.41, 5.74) is 0.103. The van der Waals surface area contributed by atoms with Gasteiger partial charge in [0, 0.05) is 6.20 Å². The van der Waals surface area contributed by atoms with Crippen molar-refractivity contribution in [1.82, 2.24) is 10.6 Å². The van der Waals surface area contributed by atoms with E-state index in [0.717, 1.165) is 6.20 Å². The van der Waals surface area contributed by atoms with Crippen molar-refractivity contribution in [2.75, 3.05) is 7.11 Å². The van der Waals surface area contributed by atoms with Gasteiger partial charge in [-0.15, -0.1) is 0 Å². The number of carbonyl (C=O) groups excluding carboxylic acids is 1. The molecule has 0 aromatic heterocycles. The monoisotopic (exact) mass is 272 g/mol. The van der Waals surface area contributed by atoms with Crippen molar-refractivity contribution >= 4 is 5.97 Å². The zero-order chi connectivity index (χ0) is 14.0. The smallest absolute Gasteiger partial charge is 0.432 e. The average Bonchev–Trinajstić information content (AvgIpc) is 2.87. The molecule has 0 bridgehead atoms. The van der Waals surface area contributed by atoms with E-state index in [4.69, 9.17) is 0 Å². The quantitative estimate of drug-likeness (QED) is 0.809. The maximum Gasteiger partial charge on any atom is 0.432 e.